The number of aldehydes is 1. The van der Waals surface area contributed by atoms with Crippen molar-refractivity contribution >= 4 is 23.4 Å². The number of allylic oxidation sites excluding steroid dienone is 1. The number of aryl methyl sites for hydroxylation is 1. The van der Waals surface area contributed by atoms with Crippen LogP contribution in [0.2, 0.25) is 0 Å². The summed E-state index contributed by atoms with van der Waals surface area (Å²) in [6.45, 7) is 0.631. The number of nitrogens with zero attached hydrogens (tertiary/aromatic N) is 1. The highest BCUT2D eigenvalue weighted by Gasteiger charge is 2.24. The Morgan fingerprint density at radius 1 is 1.42 bits per heavy atom. The number of ether oxygens (including phenoxy) is 1. The van der Waals surface area contributed by atoms with E-state index < -0.39 is 0 Å². The predicted molar refractivity (Wildman–Crippen MR) is 93.3 cm³/mol. The fourth-order valence-corrected chi connectivity index (χ4v) is 2.94. The Morgan fingerprint density at radius 2 is 2.29 bits per heavy atom. The summed E-state index contributed by atoms with van der Waals surface area (Å²) in [5, 5.41) is 12.0. The fraction of sp³-hybridized carbons (Fsp3) is 0.263. The molecule has 0 bridgehead atoms. The minimum atomic E-state index is 0.182. The average molecular weight is 324 g/mol. The Kier molecular flexibility index (Phi) is 4.91. The van der Waals surface area contributed by atoms with E-state index in [2.05, 4.69) is 16.4 Å². The minimum absolute atomic E-state index is 0.182. The van der Waals surface area contributed by atoms with E-state index in [1.807, 2.05) is 18.2 Å². The number of rotatable bonds is 6. The number of fused-ring (bicyclic) bond motifs is 1. The maximum atomic E-state index is 11.8. The second-order valence-corrected chi connectivity index (χ2v) is 5.62. The molecule has 0 fully saturated rings. The zero-order valence-corrected chi connectivity index (χ0v) is 13.6. The lowest BCUT2D eigenvalue weighted by Gasteiger charge is -2.10. The van der Waals surface area contributed by atoms with E-state index in [9.17, 15) is 4.79 Å². The summed E-state index contributed by atoms with van der Waals surface area (Å²) in [5.41, 5.74) is 4.39. The highest BCUT2D eigenvalue weighted by molar-refractivity contribution is 6.18. The van der Waals surface area contributed by atoms with Gasteiger partial charge in [0.15, 0.2) is 6.29 Å². The molecule has 2 N–H and O–H groups in total. The van der Waals surface area contributed by atoms with Crippen molar-refractivity contribution in [1.29, 1.82) is 0 Å². The van der Waals surface area contributed by atoms with Crippen molar-refractivity contribution in [3.63, 3.8) is 0 Å². The number of carbonyl (C=O) groups excluding carboxylic acids is 1. The van der Waals surface area contributed by atoms with Crippen LogP contribution in [0.4, 0.5) is 5.82 Å². The molecule has 1 aliphatic heterocycles. The van der Waals surface area contributed by atoms with Gasteiger partial charge in [-0.25, -0.2) is 4.98 Å². The van der Waals surface area contributed by atoms with E-state index in [-0.39, 0.29) is 6.61 Å². The molecule has 0 saturated heterocycles. The van der Waals surface area contributed by atoms with E-state index in [1.54, 1.807) is 19.3 Å². The standard InChI is InChI=1S/C19H20N2O3/c1-20-19-16(5-2-8-21-19)17(11-23)18-15-7-6-13(4-3-9-22)10-14(15)12-24-18/h2,5-8,10-11,22H,3-4,9,12H2,1H3,(H,20,21)/b18-17-. The normalized spacial score (nSPS) is 14.8. The average Bonchev–Trinajstić information content (AvgIpc) is 3.04. The molecule has 0 saturated carbocycles. The van der Waals surface area contributed by atoms with Crippen LogP contribution in [0.5, 0.6) is 0 Å². The second kappa shape index (κ2) is 7.27. The molecule has 5 heteroatoms. The molecule has 1 aromatic heterocycles. The van der Waals surface area contributed by atoms with Gasteiger partial charge in [0.25, 0.3) is 0 Å². The monoisotopic (exact) mass is 324 g/mol. The number of hydrogen-bond acceptors (Lipinski definition) is 5. The van der Waals surface area contributed by atoms with Crippen LogP contribution in [0.15, 0.2) is 36.5 Å². The van der Waals surface area contributed by atoms with Crippen LogP contribution in [0.1, 0.15) is 28.7 Å². The summed E-state index contributed by atoms with van der Waals surface area (Å²) in [7, 11) is 1.77. The van der Waals surface area contributed by atoms with Crippen LogP contribution < -0.4 is 5.32 Å². The first kappa shape index (κ1) is 16.2. The number of aromatic nitrogens is 1. The van der Waals surface area contributed by atoms with Gasteiger partial charge >= 0.3 is 0 Å². The molecule has 3 rings (SSSR count). The summed E-state index contributed by atoms with van der Waals surface area (Å²) in [6.07, 6.45) is 4.07. The third-order valence-electron chi connectivity index (χ3n) is 4.11. The van der Waals surface area contributed by atoms with Crippen molar-refractivity contribution < 1.29 is 14.6 Å². The van der Waals surface area contributed by atoms with Gasteiger partial charge < -0.3 is 15.2 Å². The van der Waals surface area contributed by atoms with Gasteiger partial charge in [0.1, 0.15) is 18.2 Å². The quantitative estimate of drug-likeness (QED) is 0.631. The van der Waals surface area contributed by atoms with Crippen LogP contribution in [0.3, 0.4) is 0 Å². The van der Waals surface area contributed by atoms with Crippen molar-refractivity contribution in [2.75, 3.05) is 19.0 Å². The molecule has 0 atom stereocenters. The maximum Gasteiger partial charge on any atom is 0.154 e. The molecule has 0 aliphatic carbocycles. The smallest absolute Gasteiger partial charge is 0.154 e. The number of benzene rings is 1. The summed E-state index contributed by atoms with van der Waals surface area (Å²) in [6, 6.07) is 9.75. The molecule has 2 heterocycles. The Balaban J connectivity index is 2.04. The van der Waals surface area contributed by atoms with Crippen molar-refractivity contribution in [3.05, 3.63) is 58.8 Å². The van der Waals surface area contributed by atoms with Crippen molar-refractivity contribution in [3.8, 4) is 0 Å². The van der Waals surface area contributed by atoms with E-state index in [1.165, 1.54) is 0 Å². The Bertz CT molecular complexity index is 784. The van der Waals surface area contributed by atoms with E-state index in [4.69, 9.17) is 9.84 Å². The minimum Gasteiger partial charge on any atom is -0.487 e. The molecule has 124 valence electrons. The molecule has 1 aliphatic rings. The van der Waals surface area contributed by atoms with Crippen LogP contribution in [0.25, 0.3) is 11.3 Å². The van der Waals surface area contributed by atoms with E-state index >= 15 is 0 Å². The van der Waals surface area contributed by atoms with Gasteiger partial charge in [-0.05, 0) is 30.5 Å². The first-order valence-corrected chi connectivity index (χ1v) is 7.97. The molecule has 0 unspecified atom stereocenters. The van der Waals surface area contributed by atoms with Crippen LogP contribution in [-0.2, 0) is 22.6 Å². The van der Waals surface area contributed by atoms with Gasteiger partial charge in [0.2, 0.25) is 0 Å². The molecule has 24 heavy (non-hydrogen) atoms. The summed E-state index contributed by atoms with van der Waals surface area (Å²) in [5.74, 6) is 1.24. The number of pyridine rings is 1. The first-order valence-electron chi connectivity index (χ1n) is 7.97. The van der Waals surface area contributed by atoms with Crippen LogP contribution in [-0.4, -0.2) is 30.0 Å². The first-order chi connectivity index (χ1) is 11.8. The molecule has 0 radical (unpaired) electrons. The molecule has 5 nitrogen and oxygen atoms in total. The largest absolute Gasteiger partial charge is 0.487 e. The number of aliphatic hydroxyl groups excluding tert-OH is 1. The lowest BCUT2D eigenvalue weighted by molar-refractivity contribution is -0.103. The van der Waals surface area contributed by atoms with Crippen molar-refractivity contribution in [1.82, 2.24) is 4.98 Å². The molecule has 1 aromatic carbocycles. The fourth-order valence-electron chi connectivity index (χ4n) is 2.94. The zero-order valence-electron chi connectivity index (χ0n) is 13.6. The maximum absolute atomic E-state index is 11.8. The predicted octanol–water partition coefficient (Wildman–Crippen LogP) is 2.65. The number of hydrogen-bond donors (Lipinski definition) is 2. The van der Waals surface area contributed by atoms with Gasteiger partial charge in [0.05, 0.1) is 5.57 Å². The summed E-state index contributed by atoms with van der Waals surface area (Å²) < 4.78 is 5.83. The van der Waals surface area contributed by atoms with Gasteiger partial charge in [-0.1, -0.05) is 18.2 Å². The van der Waals surface area contributed by atoms with E-state index in [0.717, 1.165) is 41.4 Å². The van der Waals surface area contributed by atoms with Crippen molar-refractivity contribution in [2.45, 2.75) is 19.4 Å². The third kappa shape index (κ3) is 3.03. The summed E-state index contributed by atoms with van der Waals surface area (Å²) in [4.78, 5) is 16.0. The lowest BCUT2D eigenvalue weighted by Crippen LogP contribution is -2.00. The van der Waals surface area contributed by atoms with Gasteiger partial charge in [-0.2, -0.15) is 0 Å². The second-order valence-electron chi connectivity index (χ2n) is 5.62. The van der Waals surface area contributed by atoms with Crippen molar-refractivity contribution in [2.24, 2.45) is 0 Å². The number of aliphatic hydroxyl groups is 1. The Hall–Kier alpha value is -2.66. The van der Waals surface area contributed by atoms with Gasteiger partial charge in [-0.15, -0.1) is 0 Å². The molecular weight excluding hydrogens is 304 g/mol. The molecule has 2 aromatic rings. The topological polar surface area (TPSA) is 71.5 Å². The SMILES string of the molecule is CNc1ncccc1/C(C=O)=C1\OCc2cc(CCCO)ccc21. The molecular formula is C19H20N2O3. The lowest BCUT2D eigenvalue weighted by atomic mass is 9.98. The van der Waals surface area contributed by atoms with Crippen LogP contribution in [0, 0.1) is 0 Å². The molecule has 0 spiro atoms. The van der Waals surface area contributed by atoms with E-state index in [0.29, 0.717) is 23.8 Å². The highest BCUT2D eigenvalue weighted by Crippen LogP contribution is 2.36. The van der Waals surface area contributed by atoms with Gasteiger partial charge in [-0.3, -0.25) is 4.79 Å². The Morgan fingerprint density at radius 3 is 3.04 bits per heavy atom. The zero-order chi connectivity index (χ0) is 16.9. The van der Waals surface area contributed by atoms with Crippen LogP contribution >= 0.6 is 0 Å². The number of nitrogens with one attached hydrogen (secondary N) is 1. The Labute approximate surface area is 141 Å². The summed E-state index contributed by atoms with van der Waals surface area (Å²) >= 11 is 0. The number of anilines is 1. The highest BCUT2D eigenvalue weighted by atomic mass is 16.5. The third-order valence-corrected chi connectivity index (χ3v) is 4.11. The van der Waals surface area contributed by atoms with Gasteiger partial charge in [0, 0.05) is 36.5 Å². The number of carbonyl (C=O) groups is 1. The molecule has 0 amide bonds.